The predicted octanol–water partition coefficient (Wildman–Crippen LogP) is 2.46. The van der Waals surface area contributed by atoms with Crippen LogP contribution in [-0.4, -0.2) is 31.4 Å². The second-order valence-corrected chi connectivity index (χ2v) is 6.16. The number of carbonyl (C=O) groups excluding carboxylic acids is 1. The van der Waals surface area contributed by atoms with Gasteiger partial charge < -0.3 is 11.1 Å². The van der Waals surface area contributed by atoms with E-state index >= 15 is 0 Å². The molecule has 0 unspecified atom stereocenters. The van der Waals surface area contributed by atoms with Crippen molar-refractivity contribution in [2.24, 2.45) is 0 Å². The highest BCUT2D eigenvalue weighted by Gasteiger charge is 2.21. The van der Waals surface area contributed by atoms with Crippen LogP contribution in [0.5, 0.6) is 0 Å². The van der Waals surface area contributed by atoms with Crippen LogP contribution in [0.25, 0.3) is 16.8 Å². The summed E-state index contributed by atoms with van der Waals surface area (Å²) in [5.41, 5.74) is 9.51. The number of Topliss-reactive ketones (excluding diaryl/α,β-unsaturated/α-hetero) is 1. The Morgan fingerprint density at radius 2 is 2.12 bits per heavy atom. The van der Waals surface area contributed by atoms with Gasteiger partial charge in [0.25, 0.3) is 0 Å². The van der Waals surface area contributed by atoms with Gasteiger partial charge in [-0.2, -0.15) is 9.61 Å². The number of nitrogen functional groups attached to an aromatic ring is 1. The van der Waals surface area contributed by atoms with E-state index < -0.39 is 0 Å². The molecular formula is C17H18N6O. The molecule has 1 aliphatic carbocycles. The van der Waals surface area contributed by atoms with Crippen molar-refractivity contribution >= 4 is 23.1 Å². The van der Waals surface area contributed by atoms with Crippen LogP contribution in [0, 0.1) is 6.92 Å². The quantitative estimate of drug-likeness (QED) is 0.716. The van der Waals surface area contributed by atoms with Crippen LogP contribution in [0.2, 0.25) is 0 Å². The van der Waals surface area contributed by atoms with Crippen LogP contribution < -0.4 is 11.1 Å². The third-order valence-electron chi connectivity index (χ3n) is 4.22. The van der Waals surface area contributed by atoms with Crippen molar-refractivity contribution < 1.29 is 4.79 Å². The highest BCUT2D eigenvalue weighted by Crippen LogP contribution is 2.28. The summed E-state index contributed by atoms with van der Waals surface area (Å²) in [6, 6.07) is 4.51. The van der Waals surface area contributed by atoms with E-state index in [4.69, 9.17) is 5.73 Å². The van der Waals surface area contributed by atoms with Crippen molar-refractivity contribution in [1.82, 2.24) is 19.6 Å². The summed E-state index contributed by atoms with van der Waals surface area (Å²) in [7, 11) is 0. The number of hydrogen-bond donors (Lipinski definition) is 2. The zero-order valence-electron chi connectivity index (χ0n) is 13.6. The highest BCUT2D eigenvalue weighted by atomic mass is 16.1. The molecule has 1 saturated carbocycles. The predicted molar refractivity (Wildman–Crippen MR) is 92.0 cm³/mol. The van der Waals surface area contributed by atoms with Crippen LogP contribution in [0.1, 0.15) is 35.8 Å². The smallest absolute Gasteiger partial charge is 0.165 e. The number of nitrogens with zero attached hydrogens (tertiary/aromatic N) is 4. The van der Waals surface area contributed by atoms with Crippen molar-refractivity contribution in [2.75, 3.05) is 11.1 Å². The first-order valence-electron chi connectivity index (χ1n) is 7.92. The third kappa shape index (κ3) is 2.38. The van der Waals surface area contributed by atoms with Gasteiger partial charge in [-0.25, -0.2) is 9.97 Å². The van der Waals surface area contributed by atoms with Crippen molar-refractivity contribution in [3.63, 3.8) is 0 Å². The average molecular weight is 322 g/mol. The molecule has 0 atom stereocenters. The first-order valence-corrected chi connectivity index (χ1v) is 7.92. The molecule has 122 valence electrons. The molecule has 7 nitrogen and oxygen atoms in total. The Kier molecular flexibility index (Phi) is 3.23. The molecule has 1 aliphatic rings. The Morgan fingerprint density at radius 3 is 2.75 bits per heavy atom. The zero-order valence-corrected chi connectivity index (χ0v) is 13.6. The maximum Gasteiger partial charge on any atom is 0.165 e. The average Bonchev–Trinajstić information content (AvgIpc) is 3.25. The molecule has 3 aromatic rings. The van der Waals surface area contributed by atoms with Gasteiger partial charge in [0, 0.05) is 23.4 Å². The van der Waals surface area contributed by atoms with Gasteiger partial charge >= 0.3 is 0 Å². The fraction of sp³-hybridized carbons (Fsp3) is 0.294. The molecular weight excluding hydrogens is 304 g/mol. The van der Waals surface area contributed by atoms with Crippen molar-refractivity contribution in [1.29, 1.82) is 0 Å². The first kappa shape index (κ1) is 14.6. The summed E-state index contributed by atoms with van der Waals surface area (Å²) < 4.78 is 1.51. The first-order chi connectivity index (χ1) is 11.5. The van der Waals surface area contributed by atoms with Crippen molar-refractivity contribution in [2.45, 2.75) is 32.7 Å². The van der Waals surface area contributed by atoms with Crippen LogP contribution in [0.3, 0.4) is 0 Å². The second kappa shape index (κ2) is 5.30. The summed E-state index contributed by atoms with van der Waals surface area (Å²) in [4.78, 5) is 20.7. The molecule has 0 saturated heterocycles. The Hall–Kier alpha value is -2.96. The molecule has 3 aromatic heterocycles. The molecule has 7 heteroatoms. The van der Waals surface area contributed by atoms with E-state index in [2.05, 4.69) is 20.4 Å². The van der Waals surface area contributed by atoms with E-state index in [1.807, 2.05) is 12.1 Å². The van der Waals surface area contributed by atoms with Gasteiger partial charge in [-0.15, -0.1) is 0 Å². The number of nitrogens with two attached hydrogens (primary N) is 1. The second-order valence-electron chi connectivity index (χ2n) is 6.16. The van der Waals surface area contributed by atoms with Gasteiger partial charge in [0.1, 0.15) is 11.6 Å². The molecule has 0 aromatic carbocycles. The lowest BCUT2D eigenvalue weighted by Gasteiger charge is -2.08. The molecule has 1 fully saturated rings. The number of ketones is 1. The maximum atomic E-state index is 11.8. The van der Waals surface area contributed by atoms with Crippen molar-refractivity contribution in [3.05, 3.63) is 35.8 Å². The van der Waals surface area contributed by atoms with E-state index in [-0.39, 0.29) is 5.78 Å². The molecule has 3 N–H and O–H groups in total. The van der Waals surface area contributed by atoms with E-state index in [1.54, 1.807) is 19.3 Å². The number of rotatable bonds is 4. The van der Waals surface area contributed by atoms with E-state index in [0.717, 1.165) is 16.9 Å². The maximum absolute atomic E-state index is 11.8. The molecule has 0 bridgehead atoms. The summed E-state index contributed by atoms with van der Waals surface area (Å²) in [6.45, 7) is 3.26. The number of hydrogen-bond acceptors (Lipinski definition) is 6. The van der Waals surface area contributed by atoms with Crippen LogP contribution >= 0.6 is 0 Å². The summed E-state index contributed by atoms with van der Waals surface area (Å²) in [6.07, 6.45) is 5.91. The number of anilines is 2. The van der Waals surface area contributed by atoms with Gasteiger partial charge in [-0.1, -0.05) is 0 Å². The SMILES string of the molecule is CC(=O)c1c(C)nc2c(-c3ccc(NC4CC4)nc3)cnn2c1N. The van der Waals surface area contributed by atoms with Crippen LogP contribution in [0.15, 0.2) is 24.5 Å². The van der Waals surface area contributed by atoms with E-state index in [0.29, 0.717) is 28.8 Å². The molecule has 0 radical (unpaired) electrons. The van der Waals surface area contributed by atoms with Crippen LogP contribution in [-0.2, 0) is 0 Å². The molecule has 4 rings (SSSR count). The standard InChI is InChI=1S/C17H18N6O/c1-9-15(10(2)24)16(18)23-17(21-9)13(8-20-23)11-3-6-14(19-7-11)22-12-4-5-12/h3,6-8,12H,4-5,18H2,1-2H3,(H,19,22). The fourth-order valence-electron chi connectivity index (χ4n) is 2.85. The van der Waals surface area contributed by atoms with E-state index in [1.165, 1.54) is 24.3 Å². The van der Waals surface area contributed by atoms with Gasteiger partial charge in [0.05, 0.1) is 17.5 Å². The monoisotopic (exact) mass is 322 g/mol. The molecule has 0 amide bonds. The fourth-order valence-corrected chi connectivity index (χ4v) is 2.85. The third-order valence-corrected chi connectivity index (χ3v) is 4.22. The Labute approximate surface area is 138 Å². The largest absolute Gasteiger partial charge is 0.383 e. The minimum absolute atomic E-state index is 0.117. The number of carbonyl (C=O) groups is 1. The van der Waals surface area contributed by atoms with Gasteiger partial charge in [-0.3, -0.25) is 4.79 Å². The Bertz CT molecular complexity index is 940. The molecule has 0 spiro atoms. The lowest BCUT2D eigenvalue weighted by atomic mass is 10.1. The van der Waals surface area contributed by atoms with Gasteiger partial charge in [0.2, 0.25) is 0 Å². The number of aromatic nitrogens is 4. The topological polar surface area (TPSA) is 98.2 Å². The summed E-state index contributed by atoms with van der Waals surface area (Å²) in [5.74, 6) is 1.07. The minimum atomic E-state index is -0.117. The number of pyridine rings is 1. The number of aryl methyl sites for hydroxylation is 1. The summed E-state index contributed by atoms with van der Waals surface area (Å²) in [5, 5.41) is 7.65. The zero-order chi connectivity index (χ0) is 16.8. The molecule has 0 aliphatic heterocycles. The lowest BCUT2D eigenvalue weighted by Crippen LogP contribution is -2.11. The molecule has 24 heavy (non-hydrogen) atoms. The number of fused-ring (bicyclic) bond motifs is 1. The lowest BCUT2D eigenvalue weighted by molar-refractivity contribution is 0.101. The number of nitrogens with one attached hydrogen (secondary N) is 1. The van der Waals surface area contributed by atoms with E-state index in [9.17, 15) is 4.79 Å². The van der Waals surface area contributed by atoms with Gasteiger partial charge in [0.15, 0.2) is 11.4 Å². The van der Waals surface area contributed by atoms with Gasteiger partial charge in [-0.05, 0) is 38.8 Å². The van der Waals surface area contributed by atoms with Crippen molar-refractivity contribution in [3.8, 4) is 11.1 Å². The normalized spacial score (nSPS) is 14.1. The Morgan fingerprint density at radius 1 is 1.33 bits per heavy atom. The highest BCUT2D eigenvalue weighted by molar-refractivity contribution is 6.00. The summed E-state index contributed by atoms with van der Waals surface area (Å²) >= 11 is 0. The van der Waals surface area contributed by atoms with Crippen LogP contribution in [0.4, 0.5) is 11.6 Å². The minimum Gasteiger partial charge on any atom is -0.383 e. The Balaban J connectivity index is 1.78. The molecule has 3 heterocycles.